The Morgan fingerprint density at radius 3 is 2.05 bits per heavy atom. The van der Waals surface area contributed by atoms with E-state index in [1.807, 2.05) is 37.3 Å². The zero-order chi connectivity index (χ0) is 31.0. The van der Waals surface area contributed by atoms with Crippen molar-refractivity contribution in [3.8, 4) is 17.2 Å². The van der Waals surface area contributed by atoms with Gasteiger partial charge in [0.25, 0.3) is 0 Å². The summed E-state index contributed by atoms with van der Waals surface area (Å²) in [4.78, 5) is 25.9. The quantitative estimate of drug-likeness (QED) is 0.172. The first-order chi connectivity index (χ1) is 18.8. The molecule has 1 fully saturated rings. The van der Waals surface area contributed by atoms with E-state index in [0.29, 0.717) is 17.7 Å². The number of benzene rings is 2. The van der Waals surface area contributed by atoms with Gasteiger partial charge in [-0.3, -0.25) is 9.59 Å². The van der Waals surface area contributed by atoms with Gasteiger partial charge in [0, 0.05) is 12.0 Å². The molecule has 2 aromatic carbocycles. The molecule has 0 unspecified atom stereocenters. The monoisotopic (exact) mass is 592 g/mol. The van der Waals surface area contributed by atoms with Crippen molar-refractivity contribution >= 4 is 28.3 Å². The number of Topliss-reactive ketones (excluding diaryl/α,β-unsaturated/α-hetero) is 1. The van der Waals surface area contributed by atoms with E-state index < -0.39 is 16.6 Å². The maximum atomic E-state index is 13.4. The second-order valence-corrected chi connectivity index (χ2v) is 24.1. The maximum absolute atomic E-state index is 13.4. The van der Waals surface area contributed by atoms with Crippen LogP contribution in [0, 0.1) is 17.2 Å². The van der Waals surface area contributed by atoms with Crippen LogP contribution in [0.4, 0.5) is 0 Å². The Hall–Kier alpha value is -2.58. The van der Waals surface area contributed by atoms with Gasteiger partial charge in [-0.2, -0.15) is 5.26 Å². The highest BCUT2D eigenvalue weighted by Gasteiger charge is 2.48. The molecule has 1 heterocycles. The molecule has 6 nitrogen and oxygen atoms in total. The number of nitrogens with one attached hydrogen (secondary N) is 1. The van der Waals surface area contributed by atoms with Crippen molar-refractivity contribution in [3.63, 3.8) is 0 Å². The van der Waals surface area contributed by atoms with Gasteiger partial charge in [-0.1, -0.05) is 65.8 Å². The predicted octanol–water partition coefficient (Wildman–Crippen LogP) is 7.84. The minimum atomic E-state index is -2.07. The second-order valence-electron chi connectivity index (χ2n) is 14.5. The molecule has 0 aromatic heterocycles. The summed E-state index contributed by atoms with van der Waals surface area (Å²) in [5, 5.41) is 12.8. The van der Waals surface area contributed by atoms with E-state index in [9.17, 15) is 14.9 Å². The highest BCUT2D eigenvalue weighted by Crippen LogP contribution is 2.40. The van der Waals surface area contributed by atoms with Gasteiger partial charge in [-0.05, 0) is 78.1 Å². The molecule has 0 bridgehead atoms. The Morgan fingerprint density at radius 1 is 0.951 bits per heavy atom. The van der Waals surface area contributed by atoms with Crippen molar-refractivity contribution in [2.45, 2.75) is 110 Å². The van der Waals surface area contributed by atoms with Crippen molar-refractivity contribution < 1.29 is 18.4 Å². The molecule has 1 aliphatic heterocycles. The number of amides is 1. The van der Waals surface area contributed by atoms with E-state index in [2.05, 4.69) is 79.1 Å². The van der Waals surface area contributed by atoms with E-state index >= 15 is 0 Å². The normalized spacial score (nSPS) is 18.7. The Bertz CT molecular complexity index is 1310. The van der Waals surface area contributed by atoms with Gasteiger partial charge in [0.2, 0.25) is 5.91 Å². The van der Waals surface area contributed by atoms with Crippen LogP contribution in [0.5, 0.6) is 0 Å². The van der Waals surface area contributed by atoms with E-state index in [-0.39, 0.29) is 46.3 Å². The van der Waals surface area contributed by atoms with Gasteiger partial charge >= 0.3 is 0 Å². The minimum Gasteiger partial charge on any atom is -0.413 e. The third kappa shape index (κ3) is 7.64. The number of hydrogen-bond donors (Lipinski definition) is 1. The highest BCUT2D eigenvalue weighted by molar-refractivity contribution is 6.74. The molecule has 1 saturated heterocycles. The van der Waals surface area contributed by atoms with E-state index in [1.54, 1.807) is 12.1 Å². The lowest BCUT2D eigenvalue weighted by atomic mass is 9.82. The summed E-state index contributed by atoms with van der Waals surface area (Å²) >= 11 is 0. The molecule has 0 radical (unpaired) electrons. The second kappa shape index (κ2) is 12.0. The number of ketones is 1. The lowest BCUT2D eigenvalue weighted by molar-refractivity contribution is -0.139. The molecular weight excluding hydrogens is 545 g/mol. The molecule has 0 saturated carbocycles. The lowest BCUT2D eigenvalue weighted by Gasteiger charge is -2.45. The van der Waals surface area contributed by atoms with Crippen LogP contribution in [0.2, 0.25) is 36.3 Å². The third-order valence-corrected chi connectivity index (χ3v) is 18.4. The average Bonchev–Trinajstić information content (AvgIpc) is 2.85. The number of hydrogen-bond acceptors (Lipinski definition) is 5. The molecule has 8 heteroatoms. The number of carbonyl (C=O) groups excluding carboxylic acids is 2. The van der Waals surface area contributed by atoms with Crippen LogP contribution < -0.4 is 5.32 Å². The number of nitriles is 1. The van der Waals surface area contributed by atoms with Crippen LogP contribution >= 0.6 is 0 Å². The standard InChI is InChI=1S/C33H48N2O4Si2/c1-22(39-41(10,11)33(5,6)7)30-28(35-31(30)37)19-29(36)27-17-24(20-34)16-26(18-27)25-14-12-23(13-15-25)21-38-40(8,9)32(2,3)4/h12-18,22,28,30H,19,21H2,1-11H3,(H,35,37)/t22-,28-,30-/m1/s1. The molecule has 222 valence electrons. The molecule has 2 aromatic rings. The summed E-state index contributed by atoms with van der Waals surface area (Å²) in [7, 11) is -3.92. The number of carbonyl (C=O) groups is 2. The largest absolute Gasteiger partial charge is 0.413 e. The smallest absolute Gasteiger partial charge is 0.228 e. The van der Waals surface area contributed by atoms with E-state index in [0.717, 1.165) is 16.7 Å². The van der Waals surface area contributed by atoms with Crippen molar-refractivity contribution in [1.82, 2.24) is 5.32 Å². The topological polar surface area (TPSA) is 88.4 Å². The molecule has 1 amide bonds. The summed E-state index contributed by atoms with van der Waals surface area (Å²) < 4.78 is 12.8. The fourth-order valence-corrected chi connectivity index (χ4v) is 6.89. The summed E-state index contributed by atoms with van der Waals surface area (Å²) in [6, 6.07) is 15.3. The van der Waals surface area contributed by atoms with Crippen molar-refractivity contribution in [2.24, 2.45) is 5.92 Å². The number of nitrogens with zero attached hydrogens (tertiary/aromatic N) is 1. The number of β-lactam (4-membered cyclic amide) rings is 1. The maximum Gasteiger partial charge on any atom is 0.228 e. The summed E-state index contributed by atoms with van der Waals surface area (Å²) in [5.41, 5.74) is 3.74. The van der Waals surface area contributed by atoms with Crippen molar-refractivity contribution in [1.29, 1.82) is 5.26 Å². The summed E-state index contributed by atoms with van der Waals surface area (Å²) in [6.45, 7) is 24.5. The lowest BCUT2D eigenvalue weighted by Crippen LogP contribution is -2.64. The molecule has 41 heavy (non-hydrogen) atoms. The molecule has 3 atom stereocenters. The van der Waals surface area contributed by atoms with E-state index in [4.69, 9.17) is 8.85 Å². The Balaban J connectivity index is 1.74. The molecular formula is C33H48N2O4Si2. The van der Waals surface area contributed by atoms with Crippen LogP contribution in [0.15, 0.2) is 42.5 Å². The third-order valence-electron chi connectivity index (χ3n) is 9.34. The SMILES string of the molecule is C[C@@H](O[Si](C)(C)C(C)(C)C)[C@H]1C(=O)N[C@@H]1CC(=O)c1cc(C#N)cc(-c2ccc(CO[Si](C)(C)C(C)(C)C)cc2)c1. The van der Waals surface area contributed by atoms with Crippen LogP contribution in [0.1, 0.15) is 76.4 Å². The Morgan fingerprint density at radius 2 is 1.54 bits per heavy atom. The molecule has 1 N–H and O–H groups in total. The number of rotatable bonds is 10. The zero-order valence-electron chi connectivity index (χ0n) is 26.8. The first-order valence-electron chi connectivity index (χ1n) is 14.6. The Kier molecular flexibility index (Phi) is 9.61. The summed E-state index contributed by atoms with van der Waals surface area (Å²) in [6.07, 6.45) is -0.109. The van der Waals surface area contributed by atoms with Crippen LogP contribution in [-0.2, 0) is 20.3 Å². The van der Waals surface area contributed by atoms with Crippen LogP contribution in [-0.4, -0.2) is 40.5 Å². The van der Waals surface area contributed by atoms with Crippen molar-refractivity contribution in [3.05, 3.63) is 59.2 Å². The zero-order valence-corrected chi connectivity index (χ0v) is 28.8. The molecule has 3 rings (SSSR count). The van der Waals surface area contributed by atoms with Crippen molar-refractivity contribution in [2.75, 3.05) is 0 Å². The molecule has 0 aliphatic carbocycles. The van der Waals surface area contributed by atoms with Crippen LogP contribution in [0.25, 0.3) is 11.1 Å². The Labute approximate surface area is 249 Å². The molecule has 0 spiro atoms. The highest BCUT2D eigenvalue weighted by atomic mass is 28.4. The van der Waals surface area contributed by atoms with Crippen LogP contribution in [0.3, 0.4) is 0 Å². The average molecular weight is 593 g/mol. The van der Waals surface area contributed by atoms with Gasteiger partial charge in [0.05, 0.1) is 36.3 Å². The minimum absolute atomic E-state index is 0.0247. The fourth-order valence-electron chi connectivity index (χ4n) is 4.50. The summed E-state index contributed by atoms with van der Waals surface area (Å²) in [5.74, 6) is -0.539. The molecule has 1 aliphatic rings. The van der Waals surface area contributed by atoms with Gasteiger partial charge in [-0.25, -0.2) is 0 Å². The van der Waals surface area contributed by atoms with Gasteiger partial charge in [0.1, 0.15) is 0 Å². The first kappa shape index (κ1) is 32.9. The van der Waals surface area contributed by atoms with Gasteiger partial charge < -0.3 is 14.2 Å². The van der Waals surface area contributed by atoms with Gasteiger partial charge in [0.15, 0.2) is 22.4 Å². The first-order valence-corrected chi connectivity index (χ1v) is 20.4. The van der Waals surface area contributed by atoms with E-state index in [1.165, 1.54) is 0 Å². The fraction of sp³-hybridized carbons (Fsp3) is 0.545. The predicted molar refractivity (Wildman–Crippen MR) is 171 cm³/mol. The van der Waals surface area contributed by atoms with Gasteiger partial charge in [-0.15, -0.1) is 0 Å².